The van der Waals surface area contributed by atoms with E-state index in [2.05, 4.69) is 10.2 Å². The Bertz CT molecular complexity index is 420. The largest absolute Gasteiger partial charge is 0.388 e. The molecule has 1 heterocycles. The maximum atomic E-state index is 11.3. The molecule has 1 aliphatic heterocycles. The molecule has 18 heavy (non-hydrogen) atoms. The van der Waals surface area contributed by atoms with Gasteiger partial charge in [-0.2, -0.15) is 0 Å². The van der Waals surface area contributed by atoms with Crippen LogP contribution in [0.2, 0.25) is 0 Å². The number of carbonyl (C=O) groups excluding carboxylic acids is 1. The summed E-state index contributed by atoms with van der Waals surface area (Å²) in [6.07, 6.45) is 0.770. The van der Waals surface area contributed by atoms with Gasteiger partial charge in [0.1, 0.15) is 0 Å². The highest BCUT2D eigenvalue weighted by molar-refractivity contribution is 5.77. The van der Waals surface area contributed by atoms with Crippen molar-refractivity contribution in [1.82, 2.24) is 5.32 Å². The second-order valence-electron chi connectivity index (χ2n) is 4.57. The molecule has 1 aliphatic rings. The number of rotatable bonds is 3. The average Bonchev–Trinajstić information content (AvgIpc) is 2.62. The summed E-state index contributed by atoms with van der Waals surface area (Å²) >= 11 is 0. The lowest BCUT2D eigenvalue weighted by Crippen LogP contribution is -2.29. The highest BCUT2D eigenvalue weighted by Gasteiger charge is 2.18. The molecule has 1 aromatic rings. The highest BCUT2D eigenvalue weighted by Crippen LogP contribution is 2.28. The number of amides is 1. The van der Waals surface area contributed by atoms with E-state index in [1.165, 1.54) is 0 Å². The summed E-state index contributed by atoms with van der Waals surface area (Å²) in [5.41, 5.74) is 2.00. The summed E-state index contributed by atoms with van der Waals surface area (Å²) in [6.45, 7) is 4.13. The van der Waals surface area contributed by atoms with Crippen molar-refractivity contribution >= 4 is 11.6 Å². The molecule has 0 aromatic heterocycles. The zero-order valence-corrected chi connectivity index (χ0v) is 10.7. The van der Waals surface area contributed by atoms with Gasteiger partial charge in [0, 0.05) is 37.3 Å². The number of benzene rings is 1. The van der Waals surface area contributed by atoms with Gasteiger partial charge in [-0.25, -0.2) is 0 Å². The summed E-state index contributed by atoms with van der Waals surface area (Å²) in [6, 6.07) is 7.90. The molecular formula is C14H20N2O2. The first kappa shape index (κ1) is 12.9. The minimum atomic E-state index is -0.437. The predicted molar refractivity (Wildman–Crippen MR) is 71.5 cm³/mol. The minimum absolute atomic E-state index is 0.103. The molecule has 0 aliphatic carbocycles. The van der Waals surface area contributed by atoms with Gasteiger partial charge in [-0.05, 0) is 12.5 Å². The molecule has 4 nitrogen and oxygen atoms in total. The Morgan fingerprint density at radius 3 is 2.94 bits per heavy atom. The Morgan fingerprint density at radius 1 is 1.39 bits per heavy atom. The van der Waals surface area contributed by atoms with Gasteiger partial charge in [0.05, 0.1) is 6.10 Å². The van der Waals surface area contributed by atoms with Crippen molar-refractivity contribution in [2.75, 3.05) is 24.5 Å². The molecule has 1 saturated heterocycles. The molecule has 0 spiro atoms. The van der Waals surface area contributed by atoms with E-state index in [0.29, 0.717) is 25.9 Å². The first-order chi connectivity index (χ1) is 8.72. The number of para-hydroxylation sites is 1. The maximum absolute atomic E-state index is 11.3. The Morgan fingerprint density at radius 2 is 2.17 bits per heavy atom. The predicted octanol–water partition coefficient (Wildman–Crippen LogP) is 1.46. The van der Waals surface area contributed by atoms with Crippen LogP contribution in [0.4, 0.5) is 5.69 Å². The molecule has 0 saturated carbocycles. The zero-order valence-electron chi connectivity index (χ0n) is 10.7. The lowest BCUT2D eigenvalue weighted by molar-refractivity contribution is -0.120. The van der Waals surface area contributed by atoms with Gasteiger partial charge in [-0.15, -0.1) is 0 Å². The standard InChI is InChI=1S/C14H20N2O2/c1-2-13(17)11-5-3-4-6-12(11)16-9-7-14(18)15-8-10-16/h3-6,13,17H,2,7-10H2,1H3,(H,15,18)/t13-/m0/s1. The first-order valence-electron chi connectivity index (χ1n) is 6.51. The molecule has 0 radical (unpaired) electrons. The Labute approximate surface area is 108 Å². The number of hydrogen-bond acceptors (Lipinski definition) is 3. The van der Waals surface area contributed by atoms with Crippen molar-refractivity contribution < 1.29 is 9.90 Å². The van der Waals surface area contributed by atoms with Crippen LogP contribution in [0.5, 0.6) is 0 Å². The number of aliphatic hydroxyl groups is 1. The van der Waals surface area contributed by atoms with E-state index >= 15 is 0 Å². The van der Waals surface area contributed by atoms with Crippen molar-refractivity contribution in [3.8, 4) is 0 Å². The van der Waals surface area contributed by atoms with Gasteiger partial charge in [-0.3, -0.25) is 4.79 Å². The van der Waals surface area contributed by atoms with Gasteiger partial charge in [-0.1, -0.05) is 25.1 Å². The van der Waals surface area contributed by atoms with E-state index < -0.39 is 6.10 Å². The molecule has 2 rings (SSSR count). The fourth-order valence-electron chi connectivity index (χ4n) is 2.29. The van der Waals surface area contributed by atoms with E-state index in [1.807, 2.05) is 31.2 Å². The van der Waals surface area contributed by atoms with E-state index in [4.69, 9.17) is 0 Å². The third-order valence-corrected chi connectivity index (χ3v) is 3.34. The van der Waals surface area contributed by atoms with Crippen LogP contribution in [-0.2, 0) is 4.79 Å². The van der Waals surface area contributed by atoms with Crippen LogP contribution in [0, 0.1) is 0 Å². The molecule has 0 unspecified atom stereocenters. The van der Waals surface area contributed by atoms with Gasteiger partial charge in [0.15, 0.2) is 0 Å². The molecule has 4 heteroatoms. The van der Waals surface area contributed by atoms with Gasteiger partial charge in [0.25, 0.3) is 0 Å². The molecule has 1 amide bonds. The average molecular weight is 248 g/mol. The first-order valence-corrected chi connectivity index (χ1v) is 6.51. The van der Waals surface area contributed by atoms with Crippen molar-refractivity contribution in [3.63, 3.8) is 0 Å². The monoisotopic (exact) mass is 248 g/mol. The molecule has 1 aromatic carbocycles. The second-order valence-corrected chi connectivity index (χ2v) is 4.57. The lowest BCUT2D eigenvalue weighted by atomic mass is 10.0. The van der Waals surface area contributed by atoms with E-state index in [9.17, 15) is 9.90 Å². The van der Waals surface area contributed by atoms with Crippen LogP contribution < -0.4 is 10.2 Å². The fraction of sp³-hybridized carbons (Fsp3) is 0.500. The van der Waals surface area contributed by atoms with Gasteiger partial charge < -0.3 is 15.3 Å². The molecular weight excluding hydrogens is 228 g/mol. The van der Waals surface area contributed by atoms with E-state index in [0.717, 1.165) is 17.8 Å². The number of anilines is 1. The SMILES string of the molecule is CC[C@H](O)c1ccccc1N1CCNC(=O)CC1. The molecule has 0 bridgehead atoms. The van der Waals surface area contributed by atoms with Crippen LogP contribution in [-0.4, -0.2) is 30.6 Å². The minimum Gasteiger partial charge on any atom is -0.388 e. The number of nitrogens with zero attached hydrogens (tertiary/aromatic N) is 1. The summed E-state index contributed by atoms with van der Waals surface area (Å²) in [5, 5.41) is 12.9. The fourth-order valence-corrected chi connectivity index (χ4v) is 2.29. The van der Waals surface area contributed by atoms with Crippen molar-refractivity contribution in [2.24, 2.45) is 0 Å². The molecule has 1 fully saturated rings. The van der Waals surface area contributed by atoms with E-state index in [1.54, 1.807) is 0 Å². The highest BCUT2D eigenvalue weighted by atomic mass is 16.3. The van der Waals surface area contributed by atoms with Crippen LogP contribution in [0.1, 0.15) is 31.4 Å². The van der Waals surface area contributed by atoms with Crippen molar-refractivity contribution in [1.29, 1.82) is 0 Å². The topological polar surface area (TPSA) is 52.6 Å². The lowest BCUT2D eigenvalue weighted by Gasteiger charge is -2.26. The smallest absolute Gasteiger partial charge is 0.221 e. The second kappa shape index (κ2) is 5.87. The maximum Gasteiger partial charge on any atom is 0.221 e. The van der Waals surface area contributed by atoms with Gasteiger partial charge in [0.2, 0.25) is 5.91 Å². The Kier molecular flexibility index (Phi) is 4.20. The Balaban J connectivity index is 2.23. The number of nitrogens with one attached hydrogen (secondary N) is 1. The van der Waals surface area contributed by atoms with Crippen LogP contribution in [0.15, 0.2) is 24.3 Å². The van der Waals surface area contributed by atoms with Crippen LogP contribution >= 0.6 is 0 Å². The normalized spacial score (nSPS) is 18.1. The van der Waals surface area contributed by atoms with Crippen LogP contribution in [0.3, 0.4) is 0 Å². The summed E-state index contributed by atoms with van der Waals surface area (Å²) in [5.74, 6) is 0.103. The quantitative estimate of drug-likeness (QED) is 0.851. The number of aliphatic hydroxyl groups excluding tert-OH is 1. The third-order valence-electron chi connectivity index (χ3n) is 3.34. The van der Waals surface area contributed by atoms with E-state index in [-0.39, 0.29) is 5.91 Å². The van der Waals surface area contributed by atoms with Crippen molar-refractivity contribution in [2.45, 2.75) is 25.9 Å². The summed E-state index contributed by atoms with van der Waals surface area (Å²) < 4.78 is 0. The third kappa shape index (κ3) is 2.82. The summed E-state index contributed by atoms with van der Waals surface area (Å²) in [4.78, 5) is 13.5. The van der Waals surface area contributed by atoms with Crippen molar-refractivity contribution in [3.05, 3.63) is 29.8 Å². The summed E-state index contributed by atoms with van der Waals surface area (Å²) in [7, 11) is 0. The molecule has 2 N–H and O–H groups in total. The van der Waals surface area contributed by atoms with Gasteiger partial charge >= 0.3 is 0 Å². The molecule has 1 atom stereocenters. The zero-order chi connectivity index (χ0) is 13.0. The Hall–Kier alpha value is -1.55. The number of carbonyl (C=O) groups is 1. The van der Waals surface area contributed by atoms with Crippen LogP contribution in [0.25, 0.3) is 0 Å². The molecule has 98 valence electrons. The number of hydrogen-bond donors (Lipinski definition) is 2.